The Balaban J connectivity index is 2.09. The fraction of sp³-hybridized carbons (Fsp3) is 0.308. The Morgan fingerprint density at radius 1 is 1.45 bits per heavy atom. The molecule has 0 aromatic carbocycles. The van der Waals surface area contributed by atoms with E-state index in [1.54, 1.807) is 6.92 Å². The first kappa shape index (κ1) is 15.8. The maximum atomic E-state index is 12.5. The van der Waals surface area contributed by atoms with Crippen LogP contribution in [-0.4, -0.2) is 23.0 Å². The first-order valence-corrected chi connectivity index (χ1v) is 6.13. The number of furan rings is 1. The van der Waals surface area contributed by atoms with Gasteiger partial charge in [-0.1, -0.05) is 0 Å². The Morgan fingerprint density at radius 2 is 2.18 bits per heavy atom. The van der Waals surface area contributed by atoms with E-state index in [0.717, 1.165) is 12.3 Å². The first-order valence-electron chi connectivity index (χ1n) is 6.13. The molecule has 0 radical (unpaired) electrons. The third-order valence-corrected chi connectivity index (χ3v) is 2.74. The minimum Gasteiger partial charge on any atom is -0.465 e. The summed E-state index contributed by atoms with van der Waals surface area (Å²) in [7, 11) is 1.24. The van der Waals surface area contributed by atoms with Gasteiger partial charge in [0.1, 0.15) is 22.8 Å². The molecule has 0 fully saturated rings. The van der Waals surface area contributed by atoms with Gasteiger partial charge in [-0.05, 0) is 19.1 Å². The highest BCUT2D eigenvalue weighted by Gasteiger charge is 2.32. The molecule has 0 saturated heterocycles. The molecule has 0 unspecified atom stereocenters. The van der Waals surface area contributed by atoms with Crippen molar-refractivity contribution in [3.8, 4) is 0 Å². The monoisotopic (exact) mass is 315 g/mol. The molecule has 9 heteroatoms. The number of hydrogen-bond acceptors (Lipinski definition) is 6. The molecule has 2 aromatic heterocycles. The van der Waals surface area contributed by atoms with Gasteiger partial charge in [-0.15, -0.1) is 0 Å². The third kappa shape index (κ3) is 3.54. The van der Waals surface area contributed by atoms with Crippen molar-refractivity contribution in [3.05, 3.63) is 41.1 Å². The smallest absolute Gasteiger partial charge is 0.433 e. The molecule has 0 aliphatic carbocycles. The standard InChI is InChI=1S/C13H12F3N3O3/c1-7-9(11(20)21-2)5-8(22-7)6-18-12-17-4-3-10(19-12)13(14,15)16/h3-5H,6H2,1-2H3,(H,17,18,19). The highest BCUT2D eigenvalue weighted by molar-refractivity contribution is 5.90. The van der Waals surface area contributed by atoms with Crippen LogP contribution in [-0.2, 0) is 17.5 Å². The molecule has 0 amide bonds. The number of nitrogens with one attached hydrogen (secondary N) is 1. The molecular weight excluding hydrogens is 303 g/mol. The Kier molecular flexibility index (Phi) is 4.34. The lowest BCUT2D eigenvalue weighted by molar-refractivity contribution is -0.141. The molecule has 22 heavy (non-hydrogen) atoms. The molecule has 6 nitrogen and oxygen atoms in total. The predicted octanol–water partition coefficient (Wildman–Crippen LogP) is 2.80. The van der Waals surface area contributed by atoms with Crippen LogP contribution in [0.4, 0.5) is 19.1 Å². The summed E-state index contributed by atoms with van der Waals surface area (Å²) in [5.41, 5.74) is -0.792. The van der Waals surface area contributed by atoms with E-state index in [2.05, 4.69) is 20.0 Å². The largest absolute Gasteiger partial charge is 0.465 e. The fourth-order valence-corrected chi connectivity index (χ4v) is 1.71. The van der Waals surface area contributed by atoms with E-state index < -0.39 is 17.8 Å². The second-order valence-electron chi connectivity index (χ2n) is 4.29. The van der Waals surface area contributed by atoms with Crippen LogP contribution in [0.2, 0.25) is 0 Å². The number of aryl methyl sites for hydroxylation is 1. The van der Waals surface area contributed by atoms with Crippen molar-refractivity contribution in [2.75, 3.05) is 12.4 Å². The SMILES string of the molecule is COC(=O)c1cc(CNc2nccc(C(F)(F)F)n2)oc1C. The van der Waals surface area contributed by atoms with Gasteiger partial charge in [0.2, 0.25) is 5.95 Å². The van der Waals surface area contributed by atoms with Crippen molar-refractivity contribution in [1.82, 2.24) is 9.97 Å². The van der Waals surface area contributed by atoms with Crippen LogP contribution in [0, 0.1) is 6.92 Å². The van der Waals surface area contributed by atoms with Crippen LogP contribution in [0.3, 0.4) is 0 Å². The number of ether oxygens (including phenoxy) is 1. The lowest BCUT2D eigenvalue weighted by atomic mass is 10.2. The van der Waals surface area contributed by atoms with Crippen LogP contribution < -0.4 is 5.32 Å². The van der Waals surface area contributed by atoms with Gasteiger partial charge < -0.3 is 14.5 Å². The van der Waals surface area contributed by atoms with Gasteiger partial charge >= 0.3 is 12.1 Å². The summed E-state index contributed by atoms with van der Waals surface area (Å²) < 4.78 is 47.5. The molecule has 0 bridgehead atoms. The van der Waals surface area contributed by atoms with Gasteiger partial charge in [-0.3, -0.25) is 0 Å². The number of esters is 1. The lowest BCUT2D eigenvalue weighted by Crippen LogP contribution is -2.11. The molecule has 0 atom stereocenters. The van der Waals surface area contributed by atoms with E-state index >= 15 is 0 Å². The average Bonchev–Trinajstić information content (AvgIpc) is 2.85. The maximum Gasteiger partial charge on any atom is 0.433 e. The number of carbonyl (C=O) groups excluding carboxylic acids is 1. The molecule has 0 aliphatic heterocycles. The highest BCUT2D eigenvalue weighted by Crippen LogP contribution is 2.27. The lowest BCUT2D eigenvalue weighted by Gasteiger charge is -2.07. The number of halogens is 3. The van der Waals surface area contributed by atoms with Crippen LogP contribution in [0.25, 0.3) is 0 Å². The number of rotatable bonds is 4. The zero-order valence-electron chi connectivity index (χ0n) is 11.7. The Hall–Kier alpha value is -2.58. The van der Waals surface area contributed by atoms with Gasteiger partial charge in [-0.2, -0.15) is 13.2 Å². The van der Waals surface area contributed by atoms with Crippen molar-refractivity contribution in [1.29, 1.82) is 0 Å². The van der Waals surface area contributed by atoms with Crippen molar-refractivity contribution in [3.63, 3.8) is 0 Å². The number of methoxy groups -OCH3 is 1. The molecular formula is C13H12F3N3O3. The summed E-state index contributed by atoms with van der Waals surface area (Å²) >= 11 is 0. The molecule has 2 rings (SSSR count). The highest BCUT2D eigenvalue weighted by atomic mass is 19.4. The number of alkyl halides is 3. The van der Waals surface area contributed by atoms with Crippen molar-refractivity contribution in [2.45, 2.75) is 19.6 Å². The summed E-state index contributed by atoms with van der Waals surface area (Å²) in [6.07, 6.45) is -3.54. The molecule has 0 saturated carbocycles. The van der Waals surface area contributed by atoms with Crippen LogP contribution >= 0.6 is 0 Å². The van der Waals surface area contributed by atoms with E-state index in [9.17, 15) is 18.0 Å². The van der Waals surface area contributed by atoms with Gasteiger partial charge in [0.15, 0.2) is 0 Å². The molecule has 2 aromatic rings. The zero-order chi connectivity index (χ0) is 16.3. The summed E-state index contributed by atoms with van der Waals surface area (Å²) in [6.45, 7) is 1.61. The number of carbonyl (C=O) groups is 1. The summed E-state index contributed by atoms with van der Waals surface area (Å²) in [4.78, 5) is 18.5. The second-order valence-corrected chi connectivity index (χ2v) is 4.29. The van der Waals surface area contributed by atoms with Gasteiger partial charge in [-0.25, -0.2) is 14.8 Å². The number of aromatic nitrogens is 2. The Morgan fingerprint density at radius 3 is 2.82 bits per heavy atom. The number of nitrogens with zero attached hydrogens (tertiary/aromatic N) is 2. The van der Waals surface area contributed by atoms with Crippen LogP contribution in [0.5, 0.6) is 0 Å². The summed E-state index contributed by atoms with van der Waals surface area (Å²) in [6, 6.07) is 2.22. The van der Waals surface area contributed by atoms with E-state index in [1.165, 1.54) is 13.2 Å². The van der Waals surface area contributed by atoms with E-state index in [1.807, 2.05) is 0 Å². The maximum absolute atomic E-state index is 12.5. The summed E-state index contributed by atoms with van der Waals surface area (Å²) in [5.74, 6) is -0.0427. The summed E-state index contributed by atoms with van der Waals surface area (Å²) in [5, 5.41) is 2.60. The normalized spacial score (nSPS) is 11.3. The van der Waals surface area contributed by atoms with E-state index in [0.29, 0.717) is 11.5 Å². The molecule has 0 spiro atoms. The zero-order valence-corrected chi connectivity index (χ0v) is 11.7. The van der Waals surface area contributed by atoms with Crippen LogP contribution in [0.15, 0.2) is 22.7 Å². The minimum absolute atomic E-state index is 0.0269. The topological polar surface area (TPSA) is 77.2 Å². The average molecular weight is 315 g/mol. The Bertz CT molecular complexity index is 683. The molecule has 0 aliphatic rings. The Labute approximate surface area is 123 Å². The van der Waals surface area contributed by atoms with Crippen molar-refractivity contribution in [2.24, 2.45) is 0 Å². The van der Waals surface area contributed by atoms with Gasteiger partial charge in [0.05, 0.1) is 13.7 Å². The molecule has 2 heterocycles. The van der Waals surface area contributed by atoms with Gasteiger partial charge in [0, 0.05) is 6.20 Å². The van der Waals surface area contributed by atoms with Crippen molar-refractivity contribution >= 4 is 11.9 Å². The molecule has 1 N–H and O–H groups in total. The number of anilines is 1. The van der Waals surface area contributed by atoms with E-state index in [-0.39, 0.29) is 18.1 Å². The van der Waals surface area contributed by atoms with Gasteiger partial charge in [0.25, 0.3) is 0 Å². The quantitative estimate of drug-likeness (QED) is 0.874. The second kappa shape index (κ2) is 6.04. The minimum atomic E-state index is -4.54. The van der Waals surface area contributed by atoms with E-state index in [4.69, 9.17) is 4.42 Å². The number of hydrogen-bond donors (Lipinski definition) is 1. The molecule has 118 valence electrons. The third-order valence-electron chi connectivity index (χ3n) is 2.74. The van der Waals surface area contributed by atoms with Crippen molar-refractivity contribution < 1.29 is 27.1 Å². The van der Waals surface area contributed by atoms with Crippen LogP contribution in [0.1, 0.15) is 27.6 Å². The first-order chi connectivity index (χ1) is 10.3. The fourth-order valence-electron chi connectivity index (χ4n) is 1.71. The predicted molar refractivity (Wildman–Crippen MR) is 69.1 cm³/mol.